The van der Waals surface area contributed by atoms with E-state index in [4.69, 9.17) is 4.52 Å². The Morgan fingerprint density at radius 2 is 1.82 bits per heavy atom. The SMILES string of the molecule is CN(C)c1ccc(-c2cc(C(=O)N3CCCCC3)no2)cc1. The standard InChI is InChI=1S/C17H21N3O2/c1-19(2)14-8-6-13(7-9-14)16-12-15(18-22-16)17(21)20-10-4-3-5-11-20/h6-9,12H,3-5,10-11H2,1-2H3. The van der Waals surface area contributed by atoms with Crippen molar-refractivity contribution in [3.63, 3.8) is 0 Å². The fraction of sp³-hybridized carbons (Fsp3) is 0.412. The number of carbonyl (C=O) groups is 1. The first-order valence-corrected chi connectivity index (χ1v) is 7.69. The number of carbonyl (C=O) groups excluding carboxylic acids is 1. The number of hydrogen-bond donors (Lipinski definition) is 0. The molecule has 1 aliphatic rings. The van der Waals surface area contributed by atoms with Crippen molar-refractivity contribution in [2.24, 2.45) is 0 Å². The van der Waals surface area contributed by atoms with E-state index in [0.29, 0.717) is 11.5 Å². The van der Waals surface area contributed by atoms with Crippen LogP contribution in [0.2, 0.25) is 0 Å². The molecule has 0 bridgehead atoms. The van der Waals surface area contributed by atoms with Gasteiger partial charge in [0.1, 0.15) is 0 Å². The van der Waals surface area contributed by atoms with E-state index in [1.165, 1.54) is 6.42 Å². The molecular formula is C17H21N3O2. The molecule has 2 aromatic rings. The van der Waals surface area contributed by atoms with E-state index in [9.17, 15) is 4.79 Å². The molecule has 22 heavy (non-hydrogen) atoms. The molecule has 1 aromatic heterocycles. The predicted octanol–water partition coefficient (Wildman–Crippen LogP) is 3.03. The number of piperidine rings is 1. The van der Waals surface area contributed by atoms with Gasteiger partial charge in [-0.2, -0.15) is 0 Å². The van der Waals surface area contributed by atoms with Crippen LogP contribution in [0.3, 0.4) is 0 Å². The second-order valence-electron chi connectivity index (χ2n) is 5.87. The minimum absolute atomic E-state index is 0.0281. The quantitative estimate of drug-likeness (QED) is 0.874. The molecule has 0 saturated carbocycles. The van der Waals surface area contributed by atoms with Gasteiger partial charge in [-0.05, 0) is 43.5 Å². The maximum absolute atomic E-state index is 12.4. The lowest BCUT2D eigenvalue weighted by Crippen LogP contribution is -2.35. The summed E-state index contributed by atoms with van der Waals surface area (Å²) in [7, 11) is 4.00. The smallest absolute Gasteiger partial charge is 0.276 e. The topological polar surface area (TPSA) is 49.6 Å². The lowest BCUT2D eigenvalue weighted by molar-refractivity contribution is 0.0714. The van der Waals surface area contributed by atoms with Gasteiger partial charge in [-0.25, -0.2) is 0 Å². The van der Waals surface area contributed by atoms with Gasteiger partial charge in [0.15, 0.2) is 11.5 Å². The molecule has 5 heteroatoms. The van der Waals surface area contributed by atoms with Crippen LogP contribution in [0.1, 0.15) is 29.8 Å². The lowest BCUT2D eigenvalue weighted by atomic mass is 10.1. The van der Waals surface area contributed by atoms with E-state index < -0.39 is 0 Å². The molecule has 1 amide bonds. The maximum atomic E-state index is 12.4. The Hall–Kier alpha value is -2.30. The molecule has 116 valence electrons. The van der Waals surface area contributed by atoms with Gasteiger partial charge >= 0.3 is 0 Å². The van der Waals surface area contributed by atoms with Crippen LogP contribution in [-0.4, -0.2) is 43.1 Å². The van der Waals surface area contributed by atoms with Crippen LogP contribution in [0.4, 0.5) is 5.69 Å². The molecule has 0 aliphatic carbocycles. The number of rotatable bonds is 3. The van der Waals surface area contributed by atoms with Gasteiger partial charge < -0.3 is 14.3 Å². The molecule has 1 saturated heterocycles. The summed E-state index contributed by atoms with van der Waals surface area (Å²) in [5, 5.41) is 3.95. The molecule has 0 N–H and O–H groups in total. The van der Waals surface area contributed by atoms with Crippen LogP contribution in [0.5, 0.6) is 0 Å². The van der Waals surface area contributed by atoms with E-state index >= 15 is 0 Å². The van der Waals surface area contributed by atoms with Gasteiger partial charge in [-0.1, -0.05) is 5.16 Å². The fourth-order valence-electron chi connectivity index (χ4n) is 2.69. The average molecular weight is 299 g/mol. The van der Waals surface area contributed by atoms with Crippen LogP contribution >= 0.6 is 0 Å². The summed E-state index contributed by atoms with van der Waals surface area (Å²) >= 11 is 0. The highest BCUT2D eigenvalue weighted by Crippen LogP contribution is 2.24. The van der Waals surface area contributed by atoms with E-state index in [1.807, 2.05) is 48.2 Å². The molecule has 1 aromatic carbocycles. The minimum Gasteiger partial charge on any atom is -0.378 e. The van der Waals surface area contributed by atoms with E-state index in [-0.39, 0.29) is 5.91 Å². The average Bonchev–Trinajstić information content (AvgIpc) is 3.05. The van der Waals surface area contributed by atoms with Crippen molar-refractivity contribution in [1.82, 2.24) is 10.1 Å². The zero-order valence-corrected chi connectivity index (χ0v) is 13.1. The Labute approximate surface area is 130 Å². The zero-order valence-electron chi connectivity index (χ0n) is 13.1. The molecule has 0 spiro atoms. The van der Waals surface area contributed by atoms with Crippen molar-refractivity contribution in [1.29, 1.82) is 0 Å². The fourth-order valence-corrected chi connectivity index (χ4v) is 2.69. The summed E-state index contributed by atoms with van der Waals surface area (Å²) in [4.78, 5) is 16.3. The number of likely N-dealkylation sites (tertiary alicyclic amines) is 1. The van der Waals surface area contributed by atoms with Crippen molar-refractivity contribution in [3.8, 4) is 11.3 Å². The first-order chi connectivity index (χ1) is 10.6. The van der Waals surface area contributed by atoms with Gasteiger partial charge in [0, 0.05) is 44.5 Å². The van der Waals surface area contributed by atoms with Crippen molar-refractivity contribution in [2.75, 3.05) is 32.1 Å². The van der Waals surface area contributed by atoms with Crippen molar-refractivity contribution < 1.29 is 9.32 Å². The first-order valence-electron chi connectivity index (χ1n) is 7.69. The summed E-state index contributed by atoms with van der Waals surface area (Å²) in [6, 6.07) is 9.73. The summed E-state index contributed by atoms with van der Waals surface area (Å²) in [5.41, 5.74) is 2.44. The van der Waals surface area contributed by atoms with Crippen LogP contribution in [0.15, 0.2) is 34.9 Å². The number of anilines is 1. The highest BCUT2D eigenvalue weighted by Gasteiger charge is 2.21. The van der Waals surface area contributed by atoms with Crippen LogP contribution in [-0.2, 0) is 0 Å². The molecule has 1 fully saturated rings. The highest BCUT2D eigenvalue weighted by molar-refractivity contribution is 5.93. The normalized spacial score (nSPS) is 14.9. The molecule has 1 aliphatic heterocycles. The Bertz CT molecular complexity index is 640. The van der Waals surface area contributed by atoms with Crippen molar-refractivity contribution in [3.05, 3.63) is 36.0 Å². The predicted molar refractivity (Wildman–Crippen MR) is 86.0 cm³/mol. The number of amides is 1. The highest BCUT2D eigenvalue weighted by atomic mass is 16.5. The Kier molecular flexibility index (Phi) is 4.13. The van der Waals surface area contributed by atoms with Gasteiger partial charge in [-0.15, -0.1) is 0 Å². The molecule has 0 atom stereocenters. The number of aromatic nitrogens is 1. The second kappa shape index (κ2) is 6.22. The Balaban J connectivity index is 1.76. The molecule has 0 radical (unpaired) electrons. The van der Waals surface area contributed by atoms with Crippen molar-refractivity contribution in [2.45, 2.75) is 19.3 Å². The number of hydrogen-bond acceptors (Lipinski definition) is 4. The van der Waals surface area contributed by atoms with Gasteiger partial charge in [-0.3, -0.25) is 4.79 Å². The maximum Gasteiger partial charge on any atom is 0.276 e. The van der Waals surface area contributed by atoms with Gasteiger partial charge in [0.25, 0.3) is 5.91 Å². The molecular weight excluding hydrogens is 278 g/mol. The van der Waals surface area contributed by atoms with E-state index in [1.54, 1.807) is 6.07 Å². The van der Waals surface area contributed by atoms with Crippen LogP contribution in [0.25, 0.3) is 11.3 Å². The number of nitrogens with zero attached hydrogens (tertiary/aromatic N) is 3. The van der Waals surface area contributed by atoms with Crippen LogP contribution in [0, 0.1) is 0 Å². The largest absolute Gasteiger partial charge is 0.378 e. The van der Waals surface area contributed by atoms with Crippen LogP contribution < -0.4 is 4.90 Å². The Morgan fingerprint density at radius 3 is 2.45 bits per heavy atom. The third-order valence-electron chi connectivity index (χ3n) is 4.04. The lowest BCUT2D eigenvalue weighted by Gasteiger charge is -2.25. The monoisotopic (exact) mass is 299 g/mol. The second-order valence-corrected chi connectivity index (χ2v) is 5.87. The summed E-state index contributed by atoms with van der Waals surface area (Å²) in [6.45, 7) is 1.64. The molecule has 0 unspecified atom stereocenters. The van der Waals surface area contributed by atoms with Crippen molar-refractivity contribution >= 4 is 11.6 Å². The summed E-state index contributed by atoms with van der Waals surface area (Å²) in [6.07, 6.45) is 3.34. The van der Waals surface area contributed by atoms with Gasteiger partial charge in [0.2, 0.25) is 0 Å². The first kappa shape index (κ1) is 14.6. The summed E-state index contributed by atoms with van der Waals surface area (Å²) < 4.78 is 5.35. The Morgan fingerprint density at radius 1 is 1.14 bits per heavy atom. The molecule has 3 rings (SSSR count). The number of benzene rings is 1. The molecule has 5 nitrogen and oxygen atoms in total. The third kappa shape index (κ3) is 2.98. The minimum atomic E-state index is -0.0281. The zero-order chi connectivity index (χ0) is 15.5. The van der Waals surface area contributed by atoms with Gasteiger partial charge in [0.05, 0.1) is 0 Å². The van der Waals surface area contributed by atoms with E-state index in [0.717, 1.165) is 37.2 Å². The summed E-state index contributed by atoms with van der Waals surface area (Å²) in [5.74, 6) is 0.602. The van der Waals surface area contributed by atoms with E-state index in [2.05, 4.69) is 5.16 Å². The molecule has 2 heterocycles. The third-order valence-corrected chi connectivity index (χ3v) is 4.04.